The van der Waals surface area contributed by atoms with Crippen molar-refractivity contribution < 1.29 is 37.2 Å². The largest absolute Gasteiger partial charge is 0.509 e. The monoisotopic (exact) mass is 840 g/mol. The molecule has 246 valence electrons. The average molecular weight is 841 g/mol. The summed E-state index contributed by atoms with van der Waals surface area (Å²) < 4.78 is 54.2. The number of benzene rings is 5. The molecule has 5 aromatic carbocycles. The summed E-state index contributed by atoms with van der Waals surface area (Å²) >= 11 is 0. The normalized spacial score (nSPS) is 13.4. The summed E-state index contributed by atoms with van der Waals surface area (Å²) in [5.41, 5.74) is 4.60. The second-order valence-corrected chi connectivity index (χ2v) is 17.5. The van der Waals surface area contributed by atoms with E-state index in [9.17, 15) is 0 Å². The van der Waals surface area contributed by atoms with Crippen LogP contribution < -0.4 is 14.5 Å². The van der Waals surface area contributed by atoms with Crippen LogP contribution in [0.15, 0.2) is 127 Å². The van der Waals surface area contributed by atoms with Gasteiger partial charge in [-0.25, -0.2) is 4.98 Å². The van der Waals surface area contributed by atoms with E-state index >= 15 is 0 Å². The molecule has 8 rings (SSSR count). The van der Waals surface area contributed by atoms with E-state index in [1.54, 1.807) is 4.57 Å². The number of hydrogen-bond acceptors (Lipinski definition) is 2. The van der Waals surface area contributed by atoms with Crippen LogP contribution in [0.2, 0.25) is 13.1 Å². The number of imidazole rings is 1. The predicted molar refractivity (Wildman–Crippen MR) is 196 cm³/mol. The van der Waals surface area contributed by atoms with E-state index in [0.29, 0.717) is 17.0 Å². The van der Waals surface area contributed by atoms with Gasteiger partial charge in [-0.05, 0) is 47.7 Å². The van der Waals surface area contributed by atoms with E-state index in [2.05, 4.69) is 87.2 Å². The molecule has 0 fully saturated rings. The maximum Gasteiger partial charge on any atom is 0.248 e. The Morgan fingerprint density at radius 3 is 2.33 bits per heavy atom. The van der Waals surface area contributed by atoms with Crippen LogP contribution in [-0.4, -0.2) is 22.0 Å². The number of hydrogen-bond donors (Lipinski definition) is 0. The van der Waals surface area contributed by atoms with Crippen LogP contribution >= 0.6 is 0 Å². The molecular weight excluding hydrogens is 800 g/mol. The van der Waals surface area contributed by atoms with E-state index < -0.39 is 26.4 Å². The fourth-order valence-electron chi connectivity index (χ4n) is 6.28. The average Bonchev–Trinajstić information content (AvgIpc) is 3.69. The van der Waals surface area contributed by atoms with Crippen molar-refractivity contribution in [3.8, 4) is 23.0 Å². The Morgan fingerprint density at radius 1 is 0.796 bits per heavy atom. The number of nitrogens with zero attached hydrogens (tertiary/aromatic N) is 4. The third-order valence-corrected chi connectivity index (χ3v) is 11.9. The maximum atomic E-state index is 8.65. The van der Waals surface area contributed by atoms with Crippen LogP contribution in [0.1, 0.15) is 33.2 Å². The minimum atomic E-state index is -2.66. The first-order valence-electron chi connectivity index (χ1n) is 18.4. The first kappa shape index (κ1) is 27.1. The molecule has 3 aromatic heterocycles. The van der Waals surface area contributed by atoms with Gasteiger partial charge in [-0.2, -0.15) is 18.2 Å². The van der Waals surface area contributed by atoms with Gasteiger partial charge in [-0.1, -0.05) is 99.0 Å². The van der Waals surface area contributed by atoms with Crippen molar-refractivity contribution >= 4 is 46.3 Å². The first-order chi connectivity index (χ1) is 25.3. The zero-order valence-electron chi connectivity index (χ0n) is 32.8. The van der Waals surface area contributed by atoms with E-state index in [1.165, 1.54) is 5.56 Å². The number of ether oxygens (including phenoxy) is 1. The number of aromatic nitrogens is 4. The number of rotatable bonds is 6. The molecule has 7 heteroatoms. The number of pyridine rings is 1. The molecule has 0 aliphatic rings. The molecule has 0 aliphatic heterocycles. The minimum absolute atomic E-state index is 0. The Bertz CT molecular complexity index is 2730. The minimum Gasteiger partial charge on any atom is -0.509 e. The van der Waals surface area contributed by atoms with Crippen LogP contribution in [0, 0.1) is 18.5 Å². The Labute approximate surface area is 309 Å². The van der Waals surface area contributed by atoms with Gasteiger partial charge in [0, 0.05) is 49.8 Å². The van der Waals surface area contributed by atoms with Crippen LogP contribution in [0.4, 0.5) is 0 Å². The summed E-state index contributed by atoms with van der Waals surface area (Å²) in [5.74, 6) is 1.89. The Hall–Kier alpha value is -4.77. The maximum absolute atomic E-state index is 8.65. The summed E-state index contributed by atoms with van der Waals surface area (Å²) in [7, 11) is -2.66. The molecule has 49 heavy (non-hydrogen) atoms. The van der Waals surface area contributed by atoms with E-state index in [0.717, 1.165) is 38.3 Å². The van der Waals surface area contributed by atoms with Crippen molar-refractivity contribution in [3.63, 3.8) is 0 Å². The summed E-state index contributed by atoms with van der Waals surface area (Å²) in [6.07, 6.45) is 5.25. The van der Waals surface area contributed by atoms with Crippen molar-refractivity contribution in [2.75, 3.05) is 0 Å². The Balaban J connectivity index is 0.00000450. The summed E-state index contributed by atoms with van der Waals surface area (Å²) in [6.45, 7) is 10.9. The van der Waals surface area contributed by atoms with E-state index in [1.807, 2.05) is 71.1 Å². The zero-order chi connectivity index (χ0) is 37.4. The smallest absolute Gasteiger partial charge is 0.248 e. The van der Waals surface area contributed by atoms with Crippen molar-refractivity contribution in [2.24, 2.45) is 0 Å². The Morgan fingerprint density at radius 2 is 1.53 bits per heavy atom. The van der Waals surface area contributed by atoms with Gasteiger partial charge in [0.25, 0.3) is 0 Å². The van der Waals surface area contributed by atoms with Gasteiger partial charge in [-0.15, -0.1) is 34.8 Å². The summed E-state index contributed by atoms with van der Waals surface area (Å²) in [5, 5.41) is 3.08. The molecule has 8 aromatic rings. The van der Waals surface area contributed by atoms with Crippen molar-refractivity contribution in [1.29, 1.82) is 0 Å². The molecule has 0 aliphatic carbocycles. The fraction of sp³-hybridized carbons (Fsp3) is 0.143. The van der Waals surface area contributed by atoms with Crippen LogP contribution in [0.5, 0.6) is 11.5 Å². The van der Waals surface area contributed by atoms with Crippen molar-refractivity contribution in [2.45, 2.75) is 39.3 Å². The SMILES string of the molecule is [2H]c1c([2H])c([2H])c(-[n+]2[c-]n([Si](C)(C)c3[c-]c(Oc4[c-]c5c(cc4)c4ccccc4n5-c4cc(C(C)(C)C)ccn4)ccc3)c3ccccc32)c([2H])c1[2H].[Pt]. The summed E-state index contributed by atoms with van der Waals surface area (Å²) in [6, 6.07) is 35.2. The van der Waals surface area contributed by atoms with E-state index in [4.69, 9.17) is 16.6 Å². The molecule has 0 spiro atoms. The van der Waals surface area contributed by atoms with Gasteiger partial charge < -0.3 is 18.1 Å². The standard InChI is InChI=1S/C42H36N4OSi.Pt/c1-42(2,3)30-24-25-43-41(26-30)46-37-19-10-9-18-35(37)36-23-22-33(28-40(36)46)47-32-16-13-17-34(27-32)48(4,5)45-29-44(31-14-7-6-8-15-31)38-20-11-12-21-39(38)45;/h6-26H,1-5H3;/q-2;/i6D,7D,8D,14D,15D;. The molecule has 5 nitrogen and oxygen atoms in total. The van der Waals surface area contributed by atoms with E-state index in [-0.39, 0.29) is 44.3 Å². The quantitative estimate of drug-likeness (QED) is 0.0954. The Kier molecular flexibility index (Phi) is 6.96. The van der Waals surface area contributed by atoms with Gasteiger partial charge in [0.05, 0.1) is 18.1 Å². The molecule has 0 N–H and O–H groups in total. The number of para-hydroxylation sites is 4. The predicted octanol–water partition coefficient (Wildman–Crippen LogP) is 8.86. The molecule has 0 atom stereocenters. The summed E-state index contributed by atoms with van der Waals surface area (Å²) in [4.78, 5) is 4.79. The van der Waals surface area contributed by atoms with Crippen molar-refractivity contribution in [3.05, 3.63) is 151 Å². The number of fused-ring (bicyclic) bond motifs is 4. The molecule has 0 amide bonds. The van der Waals surface area contributed by atoms with Crippen LogP contribution in [0.3, 0.4) is 0 Å². The molecule has 0 radical (unpaired) electrons. The van der Waals surface area contributed by atoms with Gasteiger partial charge in [0.2, 0.25) is 14.6 Å². The second kappa shape index (κ2) is 12.6. The molecule has 0 saturated carbocycles. The topological polar surface area (TPSA) is 35.9 Å². The fourth-order valence-corrected chi connectivity index (χ4v) is 8.60. The molecule has 0 unspecified atom stereocenters. The van der Waals surface area contributed by atoms with Crippen molar-refractivity contribution in [1.82, 2.24) is 13.8 Å². The van der Waals surface area contributed by atoms with Gasteiger partial charge in [-0.3, -0.25) is 0 Å². The second-order valence-electron chi connectivity index (χ2n) is 13.4. The van der Waals surface area contributed by atoms with Gasteiger partial charge in [0.1, 0.15) is 5.82 Å². The molecule has 0 saturated heterocycles. The first-order valence-corrected chi connectivity index (χ1v) is 18.9. The molecule has 3 heterocycles. The third-order valence-electron chi connectivity index (χ3n) is 8.88. The zero-order valence-corrected chi connectivity index (χ0v) is 31.0. The molecule has 0 bridgehead atoms. The van der Waals surface area contributed by atoms with Crippen LogP contribution in [0.25, 0.3) is 44.3 Å². The third kappa shape index (κ3) is 5.83. The van der Waals surface area contributed by atoms with Gasteiger partial charge >= 0.3 is 0 Å². The molecular formula is C42H36N4OPtSi-2. The van der Waals surface area contributed by atoms with Crippen LogP contribution in [-0.2, 0) is 26.5 Å². The van der Waals surface area contributed by atoms with Gasteiger partial charge in [0.15, 0.2) is 0 Å².